The summed E-state index contributed by atoms with van der Waals surface area (Å²) in [6.07, 6.45) is 1.96. The van der Waals surface area contributed by atoms with Gasteiger partial charge in [-0.1, -0.05) is 0 Å². The van der Waals surface area contributed by atoms with Crippen molar-refractivity contribution in [3.8, 4) is 0 Å². The van der Waals surface area contributed by atoms with Crippen LogP contribution in [0.4, 0.5) is 10.5 Å². The lowest BCUT2D eigenvalue weighted by Gasteiger charge is -2.23. The fourth-order valence-electron chi connectivity index (χ4n) is 2.02. The van der Waals surface area contributed by atoms with Crippen LogP contribution in [0.15, 0.2) is 18.2 Å². The van der Waals surface area contributed by atoms with E-state index in [4.69, 9.17) is 4.74 Å². The predicted octanol–water partition coefficient (Wildman–Crippen LogP) is 2.63. The van der Waals surface area contributed by atoms with E-state index in [0.29, 0.717) is 18.8 Å². The second-order valence-corrected chi connectivity index (χ2v) is 6.09. The zero-order chi connectivity index (χ0) is 15.4. The molecule has 1 aliphatic rings. The third-order valence-corrected chi connectivity index (χ3v) is 3.91. The molecule has 0 aliphatic heterocycles. The van der Waals surface area contributed by atoms with Crippen LogP contribution in [0.3, 0.4) is 0 Å². The van der Waals surface area contributed by atoms with Crippen molar-refractivity contribution >= 4 is 40.3 Å². The van der Waals surface area contributed by atoms with E-state index < -0.39 is 5.97 Å². The number of carboxylic acids is 1. The molecule has 1 aromatic carbocycles. The minimum Gasteiger partial charge on any atom is -0.478 e. The number of aromatic carboxylic acids is 1. The molecule has 7 heteroatoms. The molecule has 1 aromatic rings. The van der Waals surface area contributed by atoms with E-state index in [1.54, 1.807) is 24.1 Å². The Morgan fingerprint density at radius 3 is 2.76 bits per heavy atom. The lowest BCUT2D eigenvalue weighted by atomic mass is 10.2. The van der Waals surface area contributed by atoms with E-state index >= 15 is 0 Å². The number of hydrogen-bond donors (Lipinski definition) is 2. The summed E-state index contributed by atoms with van der Waals surface area (Å²) in [7, 11) is 1.59. The molecule has 0 bridgehead atoms. The molecule has 2 N–H and O–H groups in total. The summed E-state index contributed by atoms with van der Waals surface area (Å²) < 4.78 is 5.82. The van der Waals surface area contributed by atoms with Gasteiger partial charge in [0, 0.05) is 23.3 Å². The Kier molecular flexibility index (Phi) is 5.40. The highest BCUT2D eigenvalue weighted by Gasteiger charge is 2.32. The van der Waals surface area contributed by atoms with Gasteiger partial charge in [0.05, 0.1) is 17.9 Å². The third kappa shape index (κ3) is 4.31. The molecule has 0 spiro atoms. The SMILES string of the molecule is COCCN(C(=O)Nc1ccc(I)cc1C(=O)O)C1CC1. The van der Waals surface area contributed by atoms with Gasteiger partial charge in [0.1, 0.15) is 0 Å². The maximum Gasteiger partial charge on any atom is 0.337 e. The Labute approximate surface area is 136 Å². The molecule has 0 aromatic heterocycles. The molecule has 0 atom stereocenters. The van der Waals surface area contributed by atoms with Crippen LogP contribution in [-0.4, -0.2) is 48.3 Å². The molecule has 1 aliphatic carbocycles. The molecule has 2 amide bonds. The summed E-state index contributed by atoms with van der Waals surface area (Å²) in [5.74, 6) is -1.06. The lowest BCUT2D eigenvalue weighted by molar-refractivity contribution is 0.0698. The predicted molar refractivity (Wildman–Crippen MR) is 86.7 cm³/mol. The number of anilines is 1. The van der Waals surface area contributed by atoms with Gasteiger partial charge in [-0.15, -0.1) is 0 Å². The molecule has 2 rings (SSSR count). The Morgan fingerprint density at radius 1 is 1.48 bits per heavy atom. The average Bonchev–Trinajstić information content (AvgIpc) is 3.25. The highest BCUT2D eigenvalue weighted by atomic mass is 127. The van der Waals surface area contributed by atoms with Crippen molar-refractivity contribution in [3.05, 3.63) is 27.3 Å². The number of benzene rings is 1. The van der Waals surface area contributed by atoms with Crippen LogP contribution in [-0.2, 0) is 4.74 Å². The van der Waals surface area contributed by atoms with Crippen molar-refractivity contribution in [2.24, 2.45) is 0 Å². The smallest absolute Gasteiger partial charge is 0.337 e. The molecule has 21 heavy (non-hydrogen) atoms. The number of nitrogens with zero attached hydrogens (tertiary/aromatic N) is 1. The van der Waals surface area contributed by atoms with Gasteiger partial charge < -0.3 is 20.1 Å². The number of ether oxygens (including phenoxy) is 1. The Bertz CT molecular complexity index is 546. The average molecular weight is 404 g/mol. The van der Waals surface area contributed by atoms with Gasteiger partial charge in [0.2, 0.25) is 0 Å². The molecule has 0 radical (unpaired) electrons. The Morgan fingerprint density at radius 2 is 2.19 bits per heavy atom. The first-order valence-electron chi connectivity index (χ1n) is 6.62. The molecule has 0 unspecified atom stereocenters. The highest BCUT2D eigenvalue weighted by Crippen LogP contribution is 2.28. The van der Waals surface area contributed by atoms with E-state index in [2.05, 4.69) is 5.32 Å². The van der Waals surface area contributed by atoms with E-state index in [1.807, 2.05) is 22.6 Å². The number of halogens is 1. The van der Waals surface area contributed by atoms with Crippen molar-refractivity contribution in [2.75, 3.05) is 25.6 Å². The van der Waals surface area contributed by atoms with Crippen molar-refractivity contribution in [2.45, 2.75) is 18.9 Å². The quantitative estimate of drug-likeness (QED) is 0.715. The van der Waals surface area contributed by atoms with E-state index in [-0.39, 0.29) is 17.6 Å². The number of carbonyl (C=O) groups excluding carboxylic acids is 1. The van der Waals surface area contributed by atoms with Gasteiger partial charge >= 0.3 is 12.0 Å². The topological polar surface area (TPSA) is 78.9 Å². The minimum absolute atomic E-state index is 0.0951. The van der Waals surface area contributed by atoms with Gasteiger partial charge in [-0.05, 0) is 53.6 Å². The number of rotatable bonds is 6. The van der Waals surface area contributed by atoms with Crippen LogP contribution < -0.4 is 5.32 Å². The summed E-state index contributed by atoms with van der Waals surface area (Å²) in [6, 6.07) is 4.87. The Balaban J connectivity index is 2.12. The maximum absolute atomic E-state index is 12.3. The molecule has 114 valence electrons. The fourth-order valence-corrected chi connectivity index (χ4v) is 2.51. The molecular weight excluding hydrogens is 387 g/mol. The van der Waals surface area contributed by atoms with E-state index in [9.17, 15) is 14.7 Å². The third-order valence-electron chi connectivity index (χ3n) is 3.24. The standard InChI is InChI=1S/C14H17IN2O4/c1-21-7-6-17(10-3-4-10)14(20)16-12-5-2-9(15)8-11(12)13(18)19/h2,5,8,10H,3-4,6-7H2,1H3,(H,16,20)(H,18,19). The van der Waals surface area contributed by atoms with Gasteiger partial charge in [0.25, 0.3) is 0 Å². The first-order chi connectivity index (χ1) is 10.0. The summed E-state index contributed by atoms with van der Waals surface area (Å²) in [5, 5.41) is 11.9. The number of carbonyl (C=O) groups is 2. The number of carboxylic acid groups (broad SMARTS) is 1. The number of urea groups is 1. The monoisotopic (exact) mass is 404 g/mol. The van der Waals surface area contributed by atoms with Crippen LogP contribution in [0.1, 0.15) is 23.2 Å². The van der Waals surface area contributed by atoms with Crippen LogP contribution in [0.2, 0.25) is 0 Å². The second kappa shape index (κ2) is 7.08. The normalized spacial score (nSPS) is 13.8. The number of methoxy groups -OCH3 is 1. The van der Waals surface area contributed by atoms with Gasteiger partial charge in [-0.2, -0.15) is 0 Å². The largest absolute Gasteiger partial charge is 0.478 e. The highest BCUT2D eigenvalue weighted by molar-refractivity contribution is 14.1. The lowest BCUT2D eigenvalue weighted by Crippen LogP contribution is -2.39. The summed E-state index contributed by atoms with van der Waals surface area (Å²) in [5.41, 5.74) is 0.411. The van der Waals surface area contributed by atoms with Crippen molar-refractivity contribution in [3.63, 3.8) is 0 Å². The minimum atomic E-state index is -1.06. The summed E-state index contributed by atoms with van der Waals surface area (Å²) in [6.45, 7) is 0.960. The molecule has 1 fully saturated rings. The number of hydrogen-bond acceptors (Lipinski definition) is 3. The molecule has 6 nitrogen and oxygen atoms in total. The van der Waals surface area contributed by atoms with Crippen LogP contribution in [0.25, 0.3) is 0 Å². The first kappa shape index (κ1) is 16.0. The molecule has 0 heterocycles. The van der Waals surface area contributed by atoms with Gasteiger partial charge in [-0.3, -0.25) is 0 Å². The summed E-state index contributed by atoms with van der Waals surface area (Å²) >= 11 is 2.04. The summed E-state index contributed by atoms with van der Waals surface area (Å²) in [4.78, 5) is 25.3. The molecular formula is C14H17IN2O4. The van der Waals surface area contributed by atoms with Crippen molar-refractivity contribution < 1.29 is 19.4 Å². The molecule has 1 saturated carbocycles. The van der Waals surface area contributed by atoms with E-state index in [1.165, 1.54) is 6.07 Å². The Hall–Kier alpha value is -1.35. The maximum atomic E-state index is 12.3. The number of amides is 2. The van der Waals surface area contributed by atoms with Crippen molar-refractivity contribution in [1.82, 2.24) is 4.90 Å². The first-order valence-corrected chi connectivity index (χ1v) is 7.70. The zero-order valence-corrected chi connectivity index (χ0v) is 13.8. The van der Waals surface area contributed by atoms with Crippen molar-refractivity contribution in [1.29, 1.82) is 0 Å². The second-order valence-electron chi connectivity index (χ2n) is 4.84. The number of nitrogens with one attached hydrogen (secondary N) is 1. The van der Waals surface area contributed by atoms with E-state index in [0.717, 1.165) is 16.4 Å². The van der Waals surface area contributed by atoms with Gasteiger partial charge in [-0.25, -0.2) is 9.59 Å². The molecule has 0 saturated heterocycles. The van der Waals surface area contributed by atoms with Crippen LogP contribution in [0, 0.1) is 3.57 Å². The zero-order valence-electron chi connectivity index (χ0n) is 11.6. The van der Waals surface area contributed by atoms with Crippen LogP contribution in [0.5, 0.6) is 0 Å². The van der Waals surface area contributed by atoms with Gasteiger partial charge in [0.15, 0.2) is 0 Å². The fraction of sp³-hybridized carbons (Fsp3) is 0.429. The van der Waals surface area contributed by atoms with Crippen LogP contribution >= 0.6 is 22.6 Å².